The number of aliphatic imine (C=N–C) groups is 1. The van der Waals surface area contributed by atoms with Crippen LogP contribution in [-0.4, -0.2) is 48.3 Å². The van der Waals surface area contributed by atoms with E-state index in [0.717, 1.165) is 48.0 Å². The summed E-state index contributed by atoms with van der Waals surface area (Å²) in [6, 6.07) is 16.2. The molecule has 6 nitrogen and oxygen atoms in total. The molecule has 32 heavy (non-hydrogen) atoms. The van der Waals surface area contributed by atoms with Gasteiger partial charge in [0.05, 0.1) is 19.8 Å². The second kappa shape index (κ2) is 14.5. The Morgan fingerprint density at radius 1 is 1.22 bits per heavy atom. The molecule has 2 aromatic rings. The molecule has 0 radical (unpaired) electrons. The number of hydrogen-bond donors (Lipinski definition) is 2. The van der Waals surface area contributed by atoms with Crippen molar-refractivity contribution in [2.45, 2.75) is 38.7 Å². The van der Waals surface area contributed by atoms with Crippen molar-refractivity contribution in [3.63, 3.8) is 0 Å². The third-order valence-corrected chi connectivity index (χ3v) is 6.26. The molecule has 8 heteroatoms. The summed E-state index contributed by atoms with van der Waals surface area (Å²) in [5.74, 6) is 2.74. The molecule has 3 rings (SSSR count). The van der Waals surface area contributed by atoms with Crippen LogP contribution < -0.4 is 15.4 Å². The summed E-state index contributed by atoms with van der Waals surface area (Å²) in [5.41, 5.74) is 3.30. The molecular formula is C24H34IN3O3S. The van der Waals surface area contributed by atoms with E-state index in [9.17, 15) is 4.21 Å². The van der Waals surface area contributed by atoms with Gasteiger partial charge >= 0.3 is 0 Å². The van der Waals surface area contributed by atoms with E-state index < -0.39 is 10.8 Å². The van der Waals surface area contributed by atoms with Crippen LogP contribution in [0.2, 0.25) is 0 Å². The van der Waals surface area contributed by atoms with Crippen LogP contribution in [0, 0.1) is 6.92 Å². The third kappa shape index (κ3) is 9.07. The van der Waals surface area contributed by atoms with Gasteiger partial charge in [0.15, 0.2) is 5.96 Å². The maximum atomic E-state index is 12.4. The van der Waals surface area contributed by atoms with E-state index in [1.807, 2.05) is 37.3 Å². The molecule has 2 N–H and O–H groups in total. The molecule has 0 saturated carbocycles. The fourth-order valence-corrected chi connectivity index (χ4v) is 4.35. The second-order valence-corrected chi connectivity index (χ2v) is 9.19. The normalized spacial score (nSPS) is 16.8. The first-order valence-corrected chi connectivity index (χ1v) is 12.4. The number of aryl methyl sites for hydroxylation is 1. The second-order valence-electron chi connectivity index (χ2n) is 7.61. The fourth-order valence-electron chi connectivity index (χ4n) is 3.31. The van der Waals surface area contributed by atoms with Gasteiger partial charge in [-0.3, -0.25) is 4.21 Å². The van der Waals surface area contributed by atoms with Crippen LogP contribution in [-0.2, 0) is 27.8 Å². The number of halogens is 1. The molecule has 0 aliphatic carbocycles. The van der Waals surface area contributed by atoms with Gasteiger partial charge in [-0.25, -0.2) is 4.99 Å². The summed E-state index contributed by atoms with van der Waals surface area (Å²) in [5, 5.41) is 6.56. The van der Waals surface area contributed by atoms with Gasteiger partial charge in [0.1, 0.15) is 11.9 Å². The number of nitrogens with zero attached hydrogens (tertiary/aromatic N) is 1. The number of ether oxygens (including phenoxy) is 2. The molecule has 0 spiro atoms. The quantitative estimate of drug-likeness (QED) is 0.258. The molecular weight excluding hydrogens is 537 g/mol. The first-order valence-electron chi connectivity index (χ1n) is 10.9. The molecule has 1 aliphatic heterocycles. The SMILES string of the molecule is CCNC(=NCc1ccc(C)cc1OC1CCOC1)NCCS(=O)Cc1ccccc1.I. The third-order valence-electron chi connectivity index (χ3n) is 4.95. The van der Waals surface area contributed by atoms with Gasteiger partial charge in [-0.1, -0.05) is 42.5 Å². The molecule has 176 valence electrons. The monoisotopic (exact) mass is 571 g/mol. The van der Waals surface area contributed by atoms with E-state index in [1.54, 1.807) is 0 Å². The van der Waals surface area contributed by atoms with Crippen LogP contribution in [0.15, 0.2) is 53.5 Å². The Morgan fingerprint density at radius 3 is 2.75 bits per heavy atom. The van der Waals surface area contributed by atoms with Gasteiger partial charge in [0.2, 0.25) is 0 Å². The molecule has 0 amide bonds. The Hall–Kier alpha value is -1.65. The molecule has 2 aromatic carbocycles. The molecule has 2 unspecified atom stereocenters. The Bertz CT molecular complexity index is 874. The van der Waals surface area contributed by atoms with Gasteiger partial charge in [-0.15, -0.1) is 24.0 Å². The first-order chi connectivity index (χ1) is 15.1. The lowest BCUT2D eigenvalue weighted by Crippen LogP contribution is -2.39. The largest absolute Gasteiger partial charge is 0.488 e. The van der Waals surface area contributed by atoms with Crippen LogP contribution in [0.25, 0.3) is 0 Å². The van der Waals surface area contributed by atoms with Gasteiger partial charge in [0.25, 0.3) is 0 Å². The van der Waals surface area contributed by atoms with Gasteiger partial charge in [0, 0.05) is 47.4 Å². The Kier molecular flexibility index (Phi) is 12.0. The van der Waals surface area contributed by atoms with Crippen molar-refractivity contribution in [2.24, 2.45) is 4.99 Å². The zero-order valence-corrected chi connectivity index (χ0v) is 22.0. The maximum absolute atomic E-state index is 12.4. The molecule has 2 atom stereocenters. The van der Waals surface area contributed by atoms with Crippen LogP contribution >= 0.6 is 24.0 Å². The molecule has 1 fully saturated rings. The molecule has 1 aliphatic rings. The van der Waals surface area contributed by atoms with E-state index in [1.165, 1.54) is 0 Å². The number of rotatable bonds is 10. The van der Waals surface area contributed by atoms with Crippen molar-refractivity contribution >= 4 is 40.7 Å². The predicted octanol–water partition coefficient (Wildman–Crippen LogP) is 3.78. The Labute approximate surface area is 211 Å². The van der Waals surface area contributed by atoms with Crippen LogP contribution in [0.3, 0.4) is 0 Å². The highest BCUT2D eigenvalue weighted by atomic mass is 127. The van der Waals surface area contributed by atoms with Crippen molar-refractivity contribution in [2.75, 3.05) is 32.1 Å². The van der Waals surface area contributed by atoms with Crippen molar-refractivity contribution in [1.29, 1.82) is 0 Å². The zero-order valence-electron chi connectivity index (χ0n) is 18.8. The molecule has 1 heterocycles. The number of benzene rings is 2. The number of hydrogen-bond acceptors (Lipinski definition) is 4. The standard InChI is InChI=1S/C24H33N3O3S.HI/c1-3-25-24(26-12-14-31(28)18-20-7-5-4-6-8-20)27-16-21-10-9-19(2)15-23(21)30-22-11-13-29-17-22;/h4-10,15,22H,3,11-14,16-18H2,1-2H3,(H2,25,26,27);1H. The predicted molar refractivity (Wildman–Crippen MR) is 142 cm³/mol. The average molecular weight is 572 g/mol. The Morgan fingerprint density at radius 2 is 2.03 bits per heavy atom. The summed E-state index contributed by atoms with van der Waals surface area (Å²) < 4.78 is 24.0. The summed E-state index contributed by atoms with van der Waals surface area (Å²) >= 11 is 0. The van der Waals surface area contributed by atoms with E-state index in [0.29, 0.717) is 31.2 Å². The molecule has 0 aromatic heterocycles. The number of nitrogens with one attached hydrogen (secondary N) is 2. The fraction of sp³-hybridized carbons (Fsp3) is 0.458. The van der Waals surface area contributed by atoms with Gasteiger partial charge in [-0.2, -0.15) is 0 Å². The summed E-state index contributed by atoms with van der Waals surface area (Å²) in [6.07, 6.45) is 1.02. The minimum Gasteiger partial charge on any atom is -0.488 e. The van der Waals surface area contributed by atoms with Crippen molar-refractivity contribution in [3.05, 3.63) is 65.2 Å². The first kappa shape index (κ1) is 26.6. The lowest BCUT2D eigenvalue weighted by molar-refractivity contribution is 0.140. The summed E-state index contributed by atoms with van der Waals surface area (Å²) in [6.45, 7) is 7.35. The highest BCUT2D eigenvalue weighted by Gasteiger charge is 2.18. The topological polar surface area (TPSA) is 72.0 Å². The van der Waals surface area contributed by atoms with Crippen molar-refractivity contribution < 1.29 is 13.7 Å². The lowest BCUT2D eigenvalue weighted by Gasteiger charge is -2.16. The van der Waals surface area contributed by atoms with E-state index in [-0.39, 0.29) is 30.1 Å². The van der Waals surface area contributed by atoms with Crippen LogP contribution in [0.4, 0.5) is 0 Å². The maximum Gasteiger partial charge on any atom is 0.191 e. The number of guanidine groups is 1. The van der Waals surface area contributed by atoms with E-state index in [4.69, 9.17) is 14.5 Å². The van der Waals surface area contributed by atoms with E-state index in [2.05, 4.69) is 35.8 Å². The van der Waals surface area contributed by atoms with Crippen molar-refractivity contribution in [3.8, 4) is 5.75 Å². The minimum atomic E-state index is -0.918. The minimum absolute atomic E-state index is 0. The van der Waals surface area contributed by atoms with Gasteiger partial charge in [-0.05, 0) is 31.0 Å². The van der Waals surface area contributed by atoms with Crippen LogP contribution in [0.5, 0.6) is 5.75 Å². The summed E-state index contributed by atoms with van der Waals surface area (Å²) in [7, 11) is -0.918. The van der Waals surface area contributed by atoms with Gasteiger partial charge < -0.3 is 20.1 Å². The summed E-state index contributed by atoms with van der Waals surface area (Å²) in [4.78, 5) is 4.71. The van der Waals surface area contributed by atoms with Crippen LogP contribution in [0.1, 0.15) is 30.0 Å². The molecule has 0 bridgehead atoms. The highest BCUT2D eigenvalue weighted by Crippen LogP contribution is 2.24. The Balaban J connectivity index is 0.00000363. The van der Waals surface area contributed by atoms with E-state index >= 15 is 0 Å². The highest BCUT2D eigenvalue weighted by molar-refractivity contribution is 14.0. The average Bonchev–Trinajstić information content (AvgIpc) is 3.27. The van der Waals surface area contributed by atoms with Crippen molar-refractivity contribution in [1.82, 2.24) is 10.6 Å². The lowest BCUT2D eigenvalue weighted by atomic mass is 10.1. The smallest absolute Gasteiger partial charge is 0.191 e. The zero-order chi connectivity index (χ0) is 21.9. The molecule has 1 saturated heterocycles.